The van der Waals surface area contributed by atoms with Crippen LogP contribution in [0.4, 0.5) is 0 Å². The maximum absolute atomic E-state index is 3.50. The lowest BCUT2D eigenvalue weighted by molar-refractivity contribution is 0.563. The first-order valence-electron chi connectivity index (χ1n) is 6.65. The summed E-state index contributed by atoms with van der Waals surface area (Å²) in [6, 6.07) is 2.20. The minimum Gasteiger partial charge on any atom is -0.313 e. The fourth-order valence-electron chi connectivity index (χ4n) is 1.83. The summed E-state index contributed by atoms with van der Waals surface area (Å²) in [5.74, 6) is 0. The standard InChI is InChI=1S/C14H25NS/c1-2-3-4-5-6-7-8-10-15-12-14-9-11-16-13-14/h9,11,13,15H,2-8,10,12H2,1H3. The van der Waals surface area contributed by atoms with E-state index in [0.29, 0.717) is 0 Å². The molecule has 0 fully saturated rings. The van der Waals surface area contributed by atoms with Gasteiger partial charge in [0.25, 0.3) is 0 Å². The van der Waals surface area contributed by atoms with Crippen LogP contribution in [0.5, 0.6) is 0 Å². The molecule has 92 valence electrons. The Morgan fingerprint density at radius 1 is 1.06 bits per heavy atom. The van der Waals surface area contributed by atoms with Gasteiger partial charge in [0.1, 0.15) is 0 Å². The molecule has 0 unspecified atom stereocenters. The van der Waals surface area contributed by atoms with E-state index in [2.05, 4.69) is 29.1 Å². The van der Waals surface area contributed by atoms with Crippen LogP contribution >= 0.6 is 11.3 Å². The second kappa shape index (κ2) is 9.86. The molecule has 16 heavy (non-hydrogen) atoms. The van der Waals surface area contributed by atoms with E-state index in [4.69, 9.17) is 0 Å². The highest BCUT2D eigenvalue weighted by molar-refractivity contribution is 7.07. The molecule has 1 heterocycles. The molecule has 0 radical (unpaired) electrons. The lowest BCUT2D eigenvalue weighted by atomic mass is 10.1. The fourth-order valence-corrected chi connectivity index (χ4v) is 2.50. The highest BCUT2D eigenvalue weighted by atomic mass is 32.1. The van der Waals surface area contributed by atoms with Crippen molar-refractivity contribution in [3.8, 4) is 0 Å². The normalized spacial score (nSPS) is 10.8. The van der Waals surface area contributed by atoms with Gasteiger partial charge in [-0.05, 0) is 35.4 Å². The Bertz CT molecular complexity index is 231. The molecule has 1 rings (SSSR count). The van der Waals surface area contributed by atoms with Crippen LogP contribution in [0.3, 0.4) is 0 Å². The predicted molar refractivity (Wildman–Crippen MR) is 74.0 cm³/mol. The van der Waals surface area contributed by atoms with Crippen molar-refractivity contribution in [3.63, 3.8) is 0 Å². The van der Waals surface area contributed by atoms with E-state index >= 15 is 0 Å². The fraction of sp³-hybridized carbons (Fsp3) is 0.714. The first kappa shape index (κ1) is 13.7. The first-order chi connectivity index (χ1) is 7.93. The van der Waals surface area contributed by atoms with Crippen LogP contribution in [0.2, 0.25) is 0 Å². The van der Waals surface area contributed by atoms with Gasteiger partial charge in [-0.1, -0.05) is 45.4 Å². The summed E-state index contributed by atoms with van der Waals surface area (Å²) in [7, 11) is 0. The molecule has 0 aromatic carbocycles. The molecule has 0 aliphatic rings. The molecule has 2 heteroatoms. The summed E-state index contributed by atoms with van der Waals surface area (Å²) in [5.41, 5.74) is 1.42. The van der Waals surface area contributed by atoms with Crippen molar-refractivity contribution < 1.29 is 0 Å². The van der Waals surface area contributed by atoms with E-state index < -0.39 is 0 Å². The topological polar surface area (TPSA) is 12.0 Å². The molecule has 0 atom stereocenters. The number of rotatable bonds is 10. The summed E-state index contributed by atoms with van der Waals surface area (Å²) in [5, 5.41) is 7.86. The summed E-state index contributed by atoms with van der Waals surface area (Å²) in [6.07, 6.45) is 9.76. The predicted octanol–water partition coefficient (Wildman–Crippen LogP) is 4.59. The third-order valence-corrected chi connectivity index (χ3v) is 3.60. The van der Waals surface area contributed by atoms with Crippen molar-refractivity contribution in [1.82, 2.24) is 5.32 Å². The molecular formula is C14H25NS. The van der Waals surface area contributed by atoms with Crippen LogP contribution in [0, 0.1) is 0 Å². The molecule has 0 spiro atoms. The minimum absolute atomic E-state index is 1.04. The Balaban J connectivity index is 1.78. The van der Waals surface area contributed by atoms with Crippen molar-refractivity contribution in [1.29, 1.82) is 0 Å². The molecule has 1 aromatic heterocycles. The van der Waals surface area contributed by atoms with Crippen LogP contribution < -0.4 is 5.32 Å². The van der Waals surface area contributed by atoms with E-state index in [-0.39, 0.29) is 0 Å². The van der Waals surface area contributed by atoms with E-state index in [1.54, 1.807) is 11.3 Å². The monoisotopic (exact) mass is 239 g/mol. The van der Waals surface area contributed by atoms with Gasteiger partial charge in [-0.2, -0.15) is 11.3 Å². The lowest BCUT2D eigenvalue weighted by Crippen LogP contribution is -2.13. The Kier molecular flexibility index (Phi) is 8.45. The van der Waals surface area contributed by atoms with Gasteiger partial charge in [0.15, 0.2) is 0 Å². The minimum atomic E-state index is 1.04. The Hall–Kier alpha value is -0.340. The average Bonchev–Trinajstić information content (AvgIpc) is 2.80. The summed E-state index contributed by atoms with van der Waals surface area (Å²) in [4.78, 5) is 0. The number of nitrogens with one attached hydrogen (secondary N) is 1. The van der Waals surface area contributed by atoms with Crippen molar-refractivity contribution in [2.45, 2.75) is 58.4 Å². The Morgan fingerprint density at radius 3 is 2.50 bits per heavy atom. The van der Waals surface area contributed by atoms with Crippen LogP contribution in [-0.2, 0) is 6.54 Å². The van der Waals surface area contributed by atoms with Crippen molar-refractivity contribution in [2.75, 3.05) is 6.54 Å². The van der Waals surface area contributed by atoms with Crippen LogP contribution in [0.25, 0.3) is 0 Å². The van der Waals surface area contributed by atoms with Gasteiger partial charge in [0.2, 0.25) is 0 Å². The van der Waals surface area contributed by atoms with Crippen LogP contribution in [0.15, 0.2) is 16.8 Å². The van der Waals surface area contributed by atoms with Gasteiger partial charge in [0, 0.05) is 6.54 Å². The Labute approximate surface area is 104 Å². The Morgan fingerprint density at radius 2 is 1.81 bits per heavy atom. The summed E-state index contributed by atoms with van der Waals surface area (Å²) in [6.45, 7) is 4.48. The molecule has 0 aliphatic carbocycles. The third kappa shape index (κ3) is 7.02. The molecule has 0 saturated heterocycles. The van der Waals surface area contributed by atoms with Crippen LogP contribution in [0.1, 0.15) is 57.4 Å². The molecule has 1 aromatic rings. The molecule has 1 N–H and O–H groups in total. The van der Waals surface area contributed by atoms with Gasteiger partial charge in [-0.15, -0.1) is 0 Å². The van der Waals surface area contributed by atoms with E-state index in [0.717, 1.165) is 6.54 Å². The number of unbranched alkanes of at least 4 members (excludes halogenated alkanes) is 6. The maximum atomic E-state index is 3.50. The molecule has 0 bridgehead atoms. The maximum Gasteiger partial charge on any atom is 0.0213 e. The van der Waals surface area contributed by atoms with E-state index in [1.807, 2.05) is 0 Å². The smallest absolute Gasteiger partial charge is 0.0213 e. The van der Waals surface area contributed by atoms with Gasteiger partial charge < -0.3 is 5.32 Å². The quantitative estimate of drug-likeness (QED) is 0.589. The number of hydrogen-bond donors (Lipinski definition) is 1. The van der Waals surface area contributed by atoms with Gasteiger partial charge in [-0.25, -0.2) is 0 Å². The largest absolute Gasteiger partial charge is 0.313 e. The molecule has 0 saturated carbocycles. The lowest BCUT2D eigenvalue weighted by Gasteiger charge is -2.03. The molecular weight excluding hydrogens is 214 g/mol. The van der Waals surface area contributed by atoms with Gasteiger partial charge >= 0.3 is 0 Å². The van der Waals surface area contributed by atoms with Crippen molar-refractivity contribution >= 4 is 11.3 Å². The van der Waals surface area contributed by atoms with Gasteiger partial charge in [0.05, 0.1) is 0 Å². The van der Waals surface area contributed by atoms with Crippen molar-refractivity contribution in [2.24, 2.45) is 0 Å². The highest BCUT2D eigenvalue weighted by Crippen LogP contribution is 2.07. The second-order valence-electron chi connectivity index (χ2n) is 4.43. The molecule has 0 aliphatic heterocycles. The zero-order valence-corrected chi connectivity index (χ0v) is 11.3. The second-order valence-corrected chi connectivity index (χ2v) is 5.21. The van der Waals surface area contributed by atoms with Crippen molar-refractivity contribution in [3.05, 3.63) is 22.4 Å². The van der Waals surface area contributed by atoms with E-state index in [1.165, 1.54) is 57.1 Å². The zero-order chi connectivity index (χ0) is 11.5. The molecule has 1 nitrogen and oxygen atoms in total. The third-order valence-electron chi connectivity index (χ3n) is 2.87. The average molecular weight is 239 g/mol. The van der Waals surface area contributed by atoms with Crippen LogP contribution in [-0.4, -0.2) is 6.54 Å². The van der Waals surface area contributed by atoms with E-state index in [9.17, 15) is 0 Å². The number of thiophene rings is 1. The SMILES string of the molecule is CCCCCCCCCNCc1ccsc1. The summed E-state index contributed by atoms with van der Waals surface area (Å²) >= 11 is 1.78. The molecule has 0 amide bonds. The first-order valence-corrected chi connectivity index (χ1v) is 7.59. The summed E-state index contributed by atoms with van der Waals surface area (Å²) < 4.78 is 0. The zero-order valence-electron chi connectivity index (χ0n) is 10.5. The number of hydrogen-bond acceptors (Lipinski definition) is 2. The van der Waals surface area contributed by atoms with Gasteiger partial charge in [-0.3, -0.25) is 0 Å². The highest BCUT2D eigenvalue weighted by Gasteiger charge is 1.93.